The van der Waals surface area contributed by atoms with E-state index in [1.54, 1.807) is 7.05 Å². The fourth-order valence-corrected chi connectivity index (χ4v) is 3.32. The number of hydrogen-bond donors (Lipinski definition) is 2. The van der Waals surface area contributed by atoms with Gasteiger partial charge in [0.25, 0.3) is 5.91 Å². The Morgan fingerprint density at radius 3 is 2.77 bits per heavy atom. The molecule has 1 aliphatic heterocycles. The lowest BCUT2D eigenvalue weighted by molar-refractivity contribution is -0.122. The van der Waals surface area contributed by atoms with Crippen LogP contribution in [0.3, 0.4) is 0 Å². The minimum Gasteiger partial charge on any atom is -0.484 e. The first-order valence-corrected chi connectivity index (χ1v) is 10.1. The van der Waals surface area contributed by atoms with Gasteiger partial charge in [0.2, 0.25) is 0 Å². The van der Waals surface area contributed by atoms with E-state index in [1.165, 1.54) is 0 Å². The van der Waals surface area contributed by atoms with Gasteiger partial charge in [-0.1, -0.05) is 18.2 Å². The third-order valence-electron chi connectivity index (χ3n) is 4.96. The van der Waals surface area contributed by atoms with Crippen LogP contribution < -0.4 is 26.1 Å². The number of ether oxygens (including phenoxy) is 1. The summed E-state index contributed by atoms with van der Waals surface area (Å²) in [6, 6.07) is 15.5. The van der Waals surface area contributed by atoms with Crippen molar-refractivity contribution in [2.45, 2.75) is 19.9 Å². The zero-order valence-electron chi connectivity index (χ0n) is 17.7. The van der Waals surface area contributed by atoms with Gasteiger partial charge in [0.15, 0.2) is 6.61 Å². The van der Waals surface area contributed by atoms with E-state index in [9.17, 15) is 4.79 Å². The van der Waals surface area contributed by atoms with Crippen LogP contribution in [0.15, 0.2) is 58.5 Å². The lowest BCUT2D eigenvalue weighted by Crippen LogP contribution is -2.24. The van der Waals surface area contributed by atoms with Gasteiger partial charge in [0, 0.05) is 18.7 Å². The Balaban J connectivity index is 1.53. The monoisotopic (exact) mass is 416 g/mol. The van der Waals surface area contributed by atoms with Crippen LogP contribution in [0.4, 0.5) is 5.82 Å². The first kappa shape index (κ1) is 20.5. The molecule has 2 heterocycles. The van der Waals surface area contributed by atoms with Gasteiger partial charge in [-0.2, -0.15) is 0 Å². The molecule has 1 aliphatic rings. The molecule has 0 saturated carbocycles. The molecule has 2 aromatic carbocycles. The van der Waals surface area contributed by atoms with Crippen LogP contribution in [-0.4, -0.2) is 36.2 Å². The van der Waals surface area contributed by atoms with Crippen molar-refractivity contribution in [2.24, 2.45) is 9.98 Å². The Bertz CT molecular complexity index is 1240. The molecule has 0 spiro atoms. The Morgan fingerprint density at radius 2 is 1.94 bits per heavy atom. The molecule has 158 valence electrons. The number of amides is 1. The maximum Gasteiger partial charge on any atom is 0.257 e. The highest BCUT2D eigenvalue weighted by Gasteiger charge is 2.11. The predicted octanol–water partition coefficient (Wildman–Crippen LogP) is 1.96. The number of fused-ring (bicyclic) bond motifs is 1. The van der Waals surface area contributed by atoms with Gasteiger partial charge >= 0.3 is 0 Å². The minimum atomic E-state index is -0.173. The summed E-state index contributed by atoms with van der Waals surface area (Å²) in [5.41, 5.74) is 2.82. The smallest absolute Gasteiger partial charge is 0.257 e. The predicted molar refractivity (Wildman–Crippen MR) is 117 cm³/mol. The number of nitrogens with zero attached hydrogens (tertiary/aromatic N) is 4. The molecule has 4 rings (SSSR count). The summed E-state index contributed by atoms with van der Waals surface area (Å²) in [4.78, 5) is 29.3. The maximum absolute atomic E-state index is 11.4. The van der Waals surface area contributed by atoms with Gasteiger partial charge in [-0.3, -0.25) is 14.8 Å². The SMILES string of the molecule is CNC(=O)COc1cccc(C(C)Nc2cc(-c3ccc4c(c3)=NCN=4)nc(C)n2)c1. The zero-order valence-corrected chi connectivity index (χ0v) is 17.7. The average Bonchev–Trinajstić information content (AvgIpc) is 3.25. The lowest BCUT2D eigenvalue weighted by Gasteiger charge is -2.17. The number of aryl methyl sites for hydroxylation is 1. The Labute approximate surface area is 180 Å². The van der Waals surface area contributed by atoms with Crippen molar-refractivity contribution in [3.63, 3.8) is 0 Å². The van der Waals surface area contributed by atoms with Crippen molar-refractivity contribution in [1.82, 2.24) is 15.3 Å². The number of carbonyl (C=O) groups is 1. The summed E-state index contributed by atoms with van der Waals surface area (Å²) in [5.74, 6) is 1.88. The van der Waals surface area contributed by atoms with Crippen LogP contribution in [-0.2, 0) is 4.79 Å². The van der Waals surface area contributed by atoms with E-state index in [4.69, 9.17) is 4.74 Å². The third-order valence-corrected chi connectivity index (χ3v) is 4.96. The van der Waals surface area contributed by atoms with Crippen molar-refractivity contribution >= 4 is 11.7 Å². The van der Waals surface area contributed by atoms with Gasteiger partial charge in [-0.05, 0) is 43.7 Å². The fraction of sp³-hybridized carbons (Fsp3) is 0.261. The molecule has 31 heavy (non-hydrogen) atoms. The van der Waals surface area contributed by atoms with Crippen LogP contribution >= 0.6 is 0 Å². The van der Waals surface area contributed by atoms with Crippen molar-refractivity contribution < 1.29 is 9.53 Å². The highest BCUT2D eigenvalue weighted by molar-refractivity contribution is 5.77. The highest BCUT2D eigenvalue weighted by atomic mass is 16.5. The van der Waals surface area contributed by atoms with E-state index in [-0.39, 0.29) is 18.6 Å². The number of nitrogens with one attached hydrogen (secondary N) is 2. The third kappa shape index (κ3) is 4.85. The van der Waals surface area contributed by atoms with Crippen molar-refractivity contribution in [2.75, 3.05) is 25.6 Å². The summed E-state index contributed by atoms with van der Waals surface area (Å²) in [7, 11) is 1.58. The van der Waals surface area contributed by atoms with E-state index < -0.39 is 0 Å². The number of carbonyl (C=O) groups excluding carboxylic acids is 1. The van der Waals surface area contributed by atoms with E-state index in [0.717, 1.165) is 33.4 Å². The lowest BCUT2D eigenvalue weighted by atomic mass is 10.1. The number of anilines is 1. The summed E-state index contributed by atoms with van der Waals surface area (Å²) < 4.78 is 5.55. The van der Waals surface area contributed by atoms with Crippen LogP contribution in [0, 0.1) is 6.92 Å². The minimum absolute atomic E-state index is 0.0173. The molecule has 2 N–H and O–H groups in total. The number of aromatic nitrogens is 2. The van der Waals surface area contributed by atoms with Gasteiger partial charge in [-0.25, -0.2) is 9.97 Å². The molecule has 0 saturated heterocycles. The second kappa shape index (κ2) is 8.91. The first-order valence-electron chi connectivity index (χ1n) is 10.1. The molecular weight excluding hydrogens is 392 g/mol. The normalized spacial score (nSPS) is 12.9. The fourth-order valence-electron chi connectivity index (χ4n) is 3.32. The van der Waals surface area contributed by atoms with Crippen molar-refractivity contribution in [1.29, 1.82) is 0 Å². The maximum atomic E-state index is 11.4. The molecule has 1 atom stereocenters. The molecule has 1 amide bonds. The molecule has 1 aromatic heterocycles. The quantitative estimate of drug-likeness (QED) is 0.613. The Kier molecular flexibility index (Phi) is 5.88. The molecule has 0 bridgehead atoms. The summed E-state index contributed by atoms with van der Waals surface area (Å²) >= 11 is 0. The number of likely N-dealkylation sites (N-methyl/N-ethyl adjacent to an activating group) is 1. The van der Waals surface area contributed by atoms with Crippen LogP contribution in [0.2, 0.25) is 0 Å². The summed E-state index contributed by atoms with van der Waals surface area (Å²) in [5, 5.41) is 7.79. The van der Waals surface area contributed by atoms with Gasteiger partial charge in [0.05, 0.1) is 22.5 Å². The summed E-state index contributed by atoms with van der Waals surface area (Å²) in [6.45, 7) is 4.39. The van der Waals surface area contributed by atoms with E-state index in [1.807, 2.05) is 62.4 Å². The standard InChI is InChI=1S/C23H24N6O2/c1-14(16-5-4-6-18(9-16)31-12-23(30)24-3)27-22-11-20(28-15(2)29-22)17-7-8-19-21(10-17)26-13-25-19/h4-11,14H,12-13H2,1-3H3,(H,24,30)(H,27,28,29). The molecule has 0 radical (unpaired) electrons. The second-order valence-electron chi connectivity index (χ2n) is 7.25. The van der Waals surface area contributed by atoms with Crippen molar-refractivity contribution in [3.05, 3.63) is 70.6 Å². The van der Waals surface area contributed by atoms with Crippen molar-refractivity contribution in [3.8, 4) is 17.0 Å². The summed E-state index contributed by atoms with van der Waals surface area (Å²) in [6.07, 6.45) is 0. The molecule has 0 aliphatic carbocycles. The highest BCUT2D eigenvalue weighted by Crippen LogP contribution is 2.24. The topological polar surface area (TPSA) is 101 Å². The van der Waals surface area contributed by atoms with Crippen LogP contribution in [0.5, 0.6) is 5.75 Å². The molecule has 8 nitrogen and oxygen atoms in total. The second-order valence-corrected chi connectivity index (χ2v) is 7.25. The van der Waals surface area contributed by atoms with Crippen LogP contribution in [0.25, 0.3) is 11.3 Å². The molecule has 1 unspecified atom stereocenters. The molecule has 8 heteroatoms. The molecule has 0 fully saturated rings. The Hall–Kier alpha value is -3.81. The van der Waals surface area contributed by atoms with Gasteiger partial charge < -0.3 is 15.4 Å². The van der Waals surface area contributed by atoms with E-state index in [2.05, 4.69) is 30.6 Å². The van der Waals surface area contributed by atoms with Gasteiger partial charge in [0.1, 0.15) is 24.1 Å². The molecular formula is C23H24N6O2. The van der Waals surface area contributed by atoms with E-state index in [0.29, 0.717) is 18.2 Å². The number of benzene rings is 2. The first-order chi connectivity index (χ1) is 15.0. The number of rotatable bonds is 7. The number of hydrogen-bond acceptors (Lipinski definition) is 7. The average molecular weight is 416 g/mol. The van der Waals surface area contributed by atoms with Gasteiger partial charge in [-0.15, -0.1) is 0 Å². The largest absolute Gasteiger partial charge is 0.484 e. The van der Waals surface area contributed by atoms with Crippen LogP contribution in [0.1, 0.15) is 24.4 Å². The zero-order chi connectivity index (χ0) is 21.8. The molecule has 3 aromatic rings. The Morgan fingerprint density at radius 1 is 1.10 bits per heavy atom. The van der Waals surface area contributed by atoms with E-state index >= 15 is 0 Å².